The van der Waals surface area contributed by atoms with Gasteiger partial charge in [-0.3, -0.25) is 9.59 Å². The van der Waals surface area contributed by atoms with E-state index in [4.69, 9.17) is 39.3 Å². The molecule has 12 heteroatoms. The molecule has 9 N–H and O–H groups in total. The van der Waals surface area contributed by atoms with Crippen LogP contribution in [0.3, 0.4) is 0 Å². The molecule has 0 bridgehead atoms. The maximum Gasteiger partial charge on any atom is 0.302 e. The molecule has 11 nitrogen and oxygen atoms in total. The van der Waals surface area contributed by atoms with E-state index in [1.165, 1.54) is 6.92 Å². The lowest BCUT2D eigenvalue weighted by Crippen LogP contribution is -2.34. The maximum atomic E-state index is 12.1. The second-order valence-electron chi connectivity index (χ2n) is 6.99. The third-order valence-corrected chi connectivity index (χ3v) is 4.68. The molecule has 1 heterocycles. The minimum atomic E-state index is -0.770. The summed E-state index contributed by atoms with van der Waals surface area (Å²) in [6.07, 6.45) is 2.53. The molecule has 1 aromatic heterocycles. The number of aryl methyl sites for hydroxylation is 1. The number of halogens is 1. The summed E-state index contributed by atoms with van der Waals surface area (Å²) >= 11 is 5.76. The average Bonchev–Trinajstić information content (AvgIpc) is 2.74. The number of ketones is 1. The molecule has 0 saturated carbocycles. The standard InChI is InChI=1S/C20H27ClN8O3/c1-11(30)14(22)10-32-13-7-5-12(6-8-13)4-2-3-9-26-20(25)29-19(31)15-17(23)28-18(24)16(21)27-15/h5-8,14H,2-4,9-10,22H2,1H3,(H4,23,24,28)(H3,25,26,29,31)/t14-/m0/s1. The van der Waals surface area contributed by atoms with Gasteiger partial charge in [0.1, 0.15) is 18.1 Å². The first-order valence-corrected chi connectivity index (χ1v) is 10.2. The van der Waals surface area contributed by atoms with E-state index in [0.717, 1.165) is 24.8 Å². The van der Waals surface area contributed by atoms with Crippen LogP contribution in [0, 0.1) is 0 Å². The van der Waals surface area contributed by atoms with Gasteiger partial charge >= 0.3 is 5.91 Å². The molecule has 172 valence electrons. The first-order valence-electron chi connectivity index (χ1n) is 9.86. The summed E-state index contributed by atoms with van der Waals surface area (Å²) in [7, 11) is 0. The van der Waals surface area contributed by atoms with Gasteiger partial charge in [0.25, 0.3) is 0 Å². The van der Waals surface area contributed by atoms with E-state index in [2.05, 4.69) is 20.3 Å². The van der Waals surface area contributed by atoms with Crippen LogP contribution in [0.15, 0.2) is 29.3 Å². The fourth-order valence-electron chi connectivity index (χ4n) is 2.53. The Balaban J connectivity index is 1.72. The average molecular weight is 463 g/mol. The van der Waals surface area contributed by atoms with Crippen LogP contribution in [0.4, 0.5) is 11.6 Å². The molecule has 0 aliphatic carbocycles. The third-order valence-electron chi connectivity index (χ3n) is 4.40. The lowest BCUT2D eigenvalue weighted by Gasteiger charge is -2.11. The van der Waals surface area contributed by atoms with Gasteiger partial charge in [-0.15, -0.1) is 0 Å². The molecule has 0 unspecified atom stereocenters. The SMILES string of the molecule is CC(=O)[C@@H](N)COc1ccc(CCCCN/C(N)=N/C(=O)c2nc(Cl)c(N)nc2N)cc1. The highest BCUT2D eigenvalue weighted by Crippen LogP contribution is 2.18. The van der Waals surface area contributed by atoms with Crippen LogP contribution in [-0.2, 0) is 11.2 Å². The monoisotopic (exact) mass is 462 g/mol. The second kappa shape index (κ2) is 11.8. The van der Waals surface area contributed by atoms with Crippen molar-refractivity contribution in [3.8, 4) is 5.75 Å². The van der Waals surface area contributed by atoms with Crippen LogP contribution < -0.4 is 33.0 Å². The summed E-state index contributed by atoms with van der Waals surface area (Å²) < 4.78 is 5.50. The molecular weight excluding hydrogens is 436 g/mol. The number of hydrogen-bond donors (Lipinski definition) is 5. The maximum absolute atomic E-state index is 12.1. The van der Waals surface area contributed by atoms with Crippen LogP contribution in [-0.4, -0.2) is 46.8 Å². The number of nitrogens with zero attached hydrogens (tertiary/aromatic N) is 3. The highest BCUT2D eigenvalue weighted by Gasteiger charge is 2.15. The number of Topliss-reactive ketones (excluding diaryl/α,β-unsaturated/α-hetero) is 1. The van der Waals surface area contributed by atoms with Crippen molar-refractivity contribution in [2.45, 2.75) is 32.2 Å². The minimum absolute atomic E-state index is 0.0607. The van der Waals surface area contributed by atoms with Gasteiger partial charge in [0.15, 0.2) is 28.4 Å². The van der Waals surface area contributed by atoms with E-state index >= 15 is 0 Å². The van der Waals surface area contributed by atoms with Gasteiger partial charge in [-0.2, -0.15) is 4.99 Å². The second-order valence-corrected chi connectivity index (χ2v) is 7.35. The number of carbonyl (C=O) groups is 2. The Morgan fingerprint density at radius 2 is 1.84 bits per heavy atom. The van der Waals surface area contributed by atoms with Crippen LogP contribution in [0.5, 0.6) is 5.75 Å². The fourth-order valence-corrected chi connectivity index (χ4v) is 2.65. The Morgan fingerprint density at radius 1 is 1.16 bits per heavy atom. The Labute approximate surface area is 190 Å². The van der Waals surface area contributed by atoms with Crippen molar-refractivity contribution in [2.75, 3.05) is 24.6 Å². The van der Waals surface area contributed by atoms with Crippen LogP contribution in [0.2, 0.25) is 5.15 Å². The number of hydrogen-bond acceptors (Lipinski definition) is 8. The smallest absolute Gasteiger partial charge is 0.302 e. The summed E-state index contributed by atoms with van der Waals surface area (Å²) in [4.78, 5) is 34.5. The molecule has 32 heavy (non-hydrogen) atoms. The van der Waals surface area contributed by atoms with Crippen molar-refractivity contribution >= 4 is 40.9 Å². The highest BCUT2D eigenvalue weighted by molar-refractivity contribution is 6.31. The Kier molecular flexibility index (Phi) is 9.17. The molecular formula is C20H27ClN8O3. The van der Waals surface area contributed by atoms with Crippen molar-refractivity contribution in [1.82, 2.24) is 15.3 Å². The number of anilines is 2. The molecule has 1 aromatic carbocycles. The molecule has 1 atom stereocenters. The largest absolute Gasteiger partial charge is 0.492 e. The summed E-state index contributed by atoms with van der Waals surface area (Å²) in [5.74, 6) is -0.532. The zero-order chi connectivity index (χ0) is 23.7. The molecule has 2 aromatic rings. The topological polar surface area (TPSA) is 198 Å². The lowest BCUT2D eigenvalue weighted by atomic mass is 10.1. The number of unbranched alkanes of at least 4 members (excludes halogenated alkanes) is 1. The van der Waals surface area contributed by atoms with Gasteiger partial charge in [-0.25, -0.2) is 9.97 Å². The van der Waals surface area contributed by atoms with Gasteiger partial charge in [0, 0.05) is 6.54 Å². The number of ether oxygens (including phenoxy) is 1. The highest BCUT2D eigenvalue weighted by atomic mass is 35.5. The van der Waals surface area contributed by atoms with Gasteiger partial charge in [0.2, 0.25) is 0 Å². The van der Waals surface area contributed by atoms with E-state index in [1.807, 2.05) is 24.3 Å². The number of amides is 1. The number of nitrogen functional groups attached to an aromatic ring is 2. The number of nitrogens with two attached hydrogens (primary N) is 4. The molecule has 2 rings (SSSR count). The summed E-state index contributed by atoms with van der Waals surface area (Å²) in [5, 5.41) is 2.73. The minimum Gasteiger partial charge on any atom is -0.492 e. The summed E-state index contributed by atoms with van der Waals surface area (Å²) in [6, 6.07) is 6.98. The Bertz CT molecular complexity index is 982. The number of carbonyl (C=O) groups excluding carboxylic acids is 2. The number of aliphatic imine (C=N–C) groups is 1. The zero-order valence-electron chi connectivity index (χ0n) is 17.7. The van der Waals surface area contributed by atoms with E-state index in [0.29, 0.717) is 12.3 Å². The third kappa shape index (κ3) is 7.67. The van der Waals surface area contributed by atoms with Crippen molar-refractivity contribution in [1.29, 1.82) is 0 Å². The van der Waals surface area contributed by atoms with E-state index in [-0.39, 0.29) is 40.8 Å². The molecule has 0 spiro atoms. The molecule has 0 aliphatic heterocycles. The number of aromatic nitrogens is 2. The van der Waals surface area contributed by atoms with Gasteiger partial charge < -0.3 is 33.0 Å². The number of rotatable bonds is 10. The van der Waals surface area contributed by atoms with Gasteiger partial charge in [-0.05, 0) is 43.9 Å². The van der Waals surface area contributed by atoms with E-state index in [9.17, 15) is 9.59 Å². The van der Waals surface area contributed by atoms with E-state index < -0.39 is 11.9 Å². The number of guanidine groups is 1. The van der Waals surface area contributed by atoms with Crippen molar-refractivity contribution in [2.24, 2.45) is 16.5 Å². The predicted molar refractivity (Wildman–Crippen MR) is 123 cm³/mol. The predicted octanol–water partition coefficient (Wildman–Crippen LogP) is 0.657. The lowest BCUT2D eigenvalue weighted by molar-refractivity contribution is -0.118. The quantitative estimate of drug-likeness (QED) is 0.190. The molecule has 1 amide bonds. The molecule has 0 fully saturated rings. The van der Waals surface area contributed by atoms with E-state index in [1.54, 1.807) is 0 Å². The first kappa shape index (κ1) is 24.8. The van der Waals surface area contributed by atoms with Crippen LogP contribution in [0.25, 0.3) is 0 Å². The van der Waals surface area contributed by atoms with Crippen LogP contribution >= 0.6 is 11.6 Å². The summed E-state index contributed by atoms with van der Waals surface area (Å²) in [6.45, 7) is 2.11. The Morgan fingerprint density at radius 3 is 2.50 bits per heavy atom. The van der Waals surface area contributed by atoms with Crippen LogP contribution in [0.1, 0.15) is 35.8 Å². The van der Waals surface area contributed by atoms with Gasteiger partial charge in [0.05, 0.1) is 6.04 Å². The fraction of sp³-hybridized carbons (Fsp3) is 0.350. The number of benzene rings is 1. The molecule has 0 aliphatic rings. The molecule has 0 saturated heterocycles. The van der Waals surface area contributed by atoms with Crippen molar-refractivity contribution in [3.63, 3.8) is 0 Å². The first-order chi connectivity index (χ1) is 15.2. The number of nitrogens with one attached hydrogen (secondary N) is 1. The van der Waals surface area contributed by atoms with Gasteiger partial charge in [-0.1, -0.05) is 23.7 Å². The molecule has 0 radical (unpaired) electrons. The van der Waals surface area contributed by atoms with Crippen molar-refractivity contribution < 1.29 is 14.3 Å². The Hall–Kier alpha value is -3.44. The summed E-state index contributed by atoms with van der Waals surface area (Å²) in [5.41, 5.74) is 23.4. The zero-order valence-corrected chi connectivity index (χ0v) is 18.4. The normalized spacial score (nSPS) is 12.3. The van der Waals surface area contributed by atoms with Crippen molar-refractivity contribution in [3.05, 3.63) is 40.7 Å².